The van der Waals surface area contributed by atoms with Gasteiger partial charge in [-0.1, -0.05) is 24.0 Å². The average molecular weight is 285 g/mol. The second-order valence-corrected chi connectivity index (χ2v) is 5.91. The van der Waals surface area contributed by atoms with Gasteiger partial charge in [-0.15, -0.1) is 0 Å². The van der Waals surface area contributed by atoms with Crippen LogP contribution >= 0.6 is 0 Å². The summed E-state index contributed by atoms with van der Waals surface area (Å²) >= 11 is 0. The lowest BCUT2D eigenvalue weighted by molar-refractivity contribution is 0.0535. The molecule has 0 fully saturated rings. The molecule has 21 heavy (non-hydrogen) atoms. The number of ether oxygens (including phenoxy) is 1. The van der Waals surface area contributed by atoms with Gasteiger partial charge in [-0.25, -0.2) is 4.79 Å². The number of benzene rings is 1. The largest absolute Gasteiger partial charge is 0.444 e. The molecule has 4 nitrogen and oxygen atoms in total. The summed E-state index contributed by atoms with van der Waals surface area (Å²) in [7, 11) is 0. The van der Waals surface area contributed by atoms with E-state index in [0.717, 1.165) is 23.1 Å². The zero-order valence-corrected chi connectivity index (χ0v) is 12.6. The Morgan fingerprint density at radius 1 is 1.33 bits per heavy atom. The quantitative estimate of drug-likeness (QED) is 0.807. The fourth-order valence-electron chi connectivity index (χ4n) is 2.18. The van der Waals surface area contributed by atoms with Crippen LogP contribution in [0.25, 0.3) is 0 Å². The van der Waals surface area contributed by atoms with Gasteiger partial charge in [-0.3, -0.25) is 4.79 Å². The van der Waals surface area contributed by atoms with Gasteiger partial charge >= 0.3 is 6.09 Å². The number of carbonyl (C=O) groups excluding carboxylic acids is 2. The summed E-state index contributed by atoms with van der Waals surface area (Å²) in [5, 5.41) is 2.58. The molecule has 1 aliphatic rings. The van der Waals surface area contributed by atoms with Gasteiger partial charge in [-0.2, -0.15) is 0 Å². The minimum atomic E-state index is -0.516. The zero-order valence-electron chi connectivity index (χ0n) is 12.6. The van der Waals surface area contributed by atoms with Gasteiger partial charge in [-0.05, 0) is 38.8 Å². The summed E-state index contributed by atoms with van der Waals surface area (Å²) in [6.07, 6.45) is 0.827. The van der Waals surface area contributed by atoms with Gasteiger partial charge in [0, 0.05) is 17.5 Å². The summed E-state index contributed by atoms with van der Waals surface area (Å²) in [6.45, 7) is 5.64. The molecule has 0 atom stereocenters. The van der Waals surface area contributed by atoms with E-state index in [1.165, 1.54) is 0 Å². The van der Waals surface area contributed by atoms with Crippen molar-refractivity contribution in [2.45, 2.75) is 39.2 Å². The highest BCUT2D eigenvalue weighted by atomic mass is 16.6. The maximum Gasteiger partial charge on any atom is 0.408 e. The van der Waals surface area contributed by atoms with Gasteiger partial charge < -0.3 is 10.1 Å². The van der Waals surface area contributed by atoms with Crippen LogP contribution in [0.15, 0.2) is 18.2 Å². The van der Waals surface area contributed by atoms with E-state index in [-0.39, 0.29) is 12.3 Å². The molecule has 0 spiro atoms. The first-order valence-corrected chi connectivity index (χ1v) is 6.97. The maximum absolute atomic E-state index is 11.6. The van der Waals surface area contributed by atoms with Crippen LogP contribution in [-0.4, -0.2) is 24.0 Å². The predicted octanol–water partition coefficient (Wildman–Crippen LogP) is 2.69. The number of hydrogen-bond acceptors (Lipinski definition) is 3. The van der Waals surface area contributed by atoms with Crippen molar-refractivity contribution in [2.24, 2.45) is 0 Å². The second kappa shape index (κ2) is 6.01. The molecule has 1 aromatic rings. The third-order valence-electron chi connectivity index (χ3n) is 3.02. The van der Waals surface area contributed by atoms with Gasteiger partial charge in [0.05, 0.1) is 6.54 Å². The van der Waals surface area contributed by atoms with Crippen molar-refractivity contribution in [3.05, 3.63) is 34.9 Å². The first-order chi connectivity index (χ1) is 9.87. The summed E-state index contributed by atoms with van der Waals surface area (Å²) < 4.78 is 5.12. The Labute approximate surface area is 124 Å². The predicted molar refractivity (Wildman–Crippen MR) is 80.2 cm³/mol. The van der Waals surface area contributed by atoms with E-state index in [4.69, 9.17) is 4.74 Å². The maximum atomic E-state index is 11.6. The summed E-state index contributed by atoms with van der Waals surface area (Å²) in [5.41, 5.74) is 2.15. The van der Waals surface area contributed by atoms with Crippen LogP contribution in [-0.2, 0) is 11.2 Å². The Morgan fingerprint density at radius 3 is 2.81 bits per heavy atom. The molecule has 0 bridgehead atoms. The van der Waals surface area contributed by atoms with Crippen molar-refractivity contribution in [1.82, 2.24) is 5.32 Å². The molecule has 1 aromatic carbocycles. The topological polar surface area (TPSA) is 55.4 Å². The van der Waals surface area contributed by atoms with Gasteiger partial charge in [0.25, 0.3) is 0 Å². The van der Waals surface area contributed by atoms with E-state index in [9.17, 15) is 9.59 Å². The van der Waals surface area contributed by atoms with Crippen LogP contribution in [0, 0.1) is 11.8 Å². The minimum Gasteiger partial charge on any atom is -0.444 e. The first kappa shape index (κ1) is 15.1. The lowest BCUT2D eigenvalue weighted by atomic mass is 10.0. The molecule has 1 amide bonds. The Kier molecular flexibility index (Phi) is 4.32. The summed E-state index contributed by atoms with van der Waals surface area (Å²) in [4.78, 5) is 23.1. The number of ketones is 1. The lowest BCUT2D eigenvalue weighted by Crippen LogP contribution is -2.32. The Hall–Kier alpha value is -2.28. The molecule has 0 unspecified atom stereocenters. The molecule has 110 valence electrons. The zero-order chi connectivity index (χ0) is 15.5. The smallest absolute Gasteiger partial charge is 0.408 e. The highest BCUT2D eigenvalue weighted by Crippen LogP contribution is 2.24. The number of rotatable bonds is 1. The molecule has 0 saturated carbocycles. The van der Waals surface area contributed by atoms with E-state index in [2.05, 4.69) is 17.2 Å². The van der Waals surface area contributed by atoms with Crippen LogP contribution in [0.3, 0.4) is 0 Å². The molecule has 2 rings (SSSR count). The van der Waals surface area contributed by atoms with Crippen molar-refractivity contribution in [1.29, 1.82) is 0 Å². The van der Waals surface area contributed by atoms with E-state index >= 15 is 0 Å². The van der Waals surface area contributed by atoms with Gasteiger partial charge in [0.1, 0.15) is 5.60 Å². The molecule has 0 aliphatic heterocycles. The Balaban J connectivity index is 1.96. The number of hydrogen-bond donors (Lipinski definition) is 1. The molecule has 4 heteroatoms. The van der Waals surface area contributed by atoms with E-state index in [1.807, 2.05) is 39.0 Å². The number of alkyl carbamates (subject to hydrolysis) is 1. The summed E-state index contributed by atoms with van der Waals surface area (Å²) in [5.74, 6) is 6.08. The third-order valence-corrected chi connectivity index (χ3v) is 3.02. The van der Waals surface area contributed by atoms with Crippen LogP contribution < -0.4 is 5.32 Å². The highest BCUT2D eigenvalue weighted by Gasteiger charge is 2.20. The molecule has 0 aromatic heterocycles. The van der Waals surface area contributed by atoms with E-state index < -0.39 is 11.7 Å². The minimum absolute atomic E-state index is 0.181. The van der Waals surface area contributed by atoms with Crippen molar-refractivity contribution in [2.75, 3.05) is 6.54 Å². The number of carbonyl (C=O) groups is 2. The van der Waals surface area contributed by atoms with Crippen molar-refractivity contribution < 1.29 is 14.3 Å². The average Bonchev–Trinajstić information content (AvgIpc) is 2.75. The van der Waals surface area contributed by atoms with Gasteiger partial charge in [0.2, 0.25) is 0 Å². The fourth-order valence-corrected chi connectivity index (χ4v) is 2.18. The molecule has 1 N–H and O–H groups in total. The monoisotopic (exact) mass is 285 g/mol. The van der Waals surface area contributed by atoms with Crippen molar-refractivity contribution in [3.63, 3.8) is 0 Å². The summed E-state index contributed by atoms with van der Waals surface area (Å²) in [6, 6.07) is 5.58. The number of Topliss-reactive ketones (excluding diaryl/α,β-unsaturated/α-hetero) is 1. The van der Waals surface area contributed by atoms with Crippen LogP contribution in [0.4, 0.5) is 4.79 Å². The number of fused-ring (bicyclic) bond motifs is 1. The molecule has 0 heterocycles. The fraction of sp³-hybridized carbons (Fsp3) is 0.412. The van der Waals surface area contributed by atoms with Gasteiger partial charge in [0.15, 0.2) is 5.78 Å². The first-order valence-electron chi connectivity index (χ1n) is 6.97. The number of nitrogens with one attached hydrogen (secondary N) is 1. The van der Waals surface area contributed by atoms with Crippen molar-refractivity contribution in [3.8, 4) is 11.8 Å². The Bertz CT molecular complexity index is 630. The molecular formula is C17H19NO3. The van der Waals surface area contributed by atoms with E-state index in [0.29, 0.717) is 6.42 Å². The molecule has 0 saturated heterocycles. The highest BCUT2D eigenvalue weighted by molar-refractivity contribution is 6.01. The van der Waals surface area contributed by atoms with Crippen molar-refractivity contribution >= 4 is 11.9 Å². The van der Waals surface area contributed by atoms with Crippen LogP contribution in [0.5, 0.6) is 0 Å². The standard InChI is InChI=1S/C17H19NO3/c1-17(2,3)21-16(20)18-11-5-7-12-6-4-8-14-13(12)9-10-15(14)19/h4,6,8H,9-11H2,1-3H3,(H,18,20). The molecule has 0 radical (unpaired) electrons. The molecular weight excluding hydrogens is 266 g/mol. The lowest BCUT2D eigenvalue weighted by Gasteiger charge is -2.19. The van der Waals surface area contributed by atoms with Crippen LogP contribution in [0.1, 0.15) is 48.7 Å². The third kappa shape index (κ3) is 4.09. The van der Waals surface area contributed by atoms with Crippen LogP contribution in [0.2, 0.25) is 0 Å². The number of amides is 1. The van der Waals surface area contributed by atoms with E-state index in [1.54, 1.807) is 0 Å². The normalized spacial score (nSPS) is 13.2. The SMILES string of the molecule is CC(C)(C)OC(=O)NCC#Cc1cccc2c1CCC2=O. The molecule has 1 aliphatic carbocycles. The second-order valence-electron chi connectivity index (χ2n) is 5.91. The Morgan fingerprint density at radius 2 is 2.10 bits per heavy atom.